The molecule has 1 fully saturated rings. The van der Waals surface area contributed by atoms with Crippen LogP contribution in [0.5, 0.6) is 5.75 Å². The van der Waals surface area contributed by atoms with Gasteiger partial charge in [0.15, 0.2) is 0 Å². The highest BCUT2D eigenvalue weighted by atomic mass is 19.1. The molecule has 0 aliphatic carbocycles. The zero-order valence-corrected chi connectivity index (χ0v) is 18.8. The number of anilines is 1. The second-order valence-electron chi connectivity index (χ2n) is 8.77. The van der Waals surface area contributed by atoms with Crippen molar-refractivity contribution in [1.82, 2.24) is 9.80 Å². The van der Waals surface area contributed by atoms with Gasteiger partial charge in [0.2, 0.25) is 0 Å². The van der Waals surface area contributed by atoms with Crippen LogP contribution in [0.15, 0.2) is 66.7 Å². The Hall–Kier alpha value is -3.71. The van der Waals surface area contributed by atoms with E-state index >= 15 is 0 Å². The Morgan fingerprint density at radius 1 is 0.824 bits per heavy atom. The average molecular weight is 460 g/mol. The third-order valence-corrected chi connectivity index (χ3v) is 6.55. The van der Waals surface area contributed by atoms with E-state index in [1.165, 1.54) is 17.0 Å². The van der Waals surface area contributed by atoms with Gasteiger partial charge in [-0.3, -0.25) is 19.4 Å². The Kier molecular flexibility index (Phi) is 6.02. The van der Waals surface area contributed by atoms with E-state index in [2.05, 4.69) is 9.80 Å². The van der Waals surface area contributed by atoms with Gasteiger partial charge in [0.1, 0.15) is 11.6 Å². The zero-order chi connectivity index (χ0) is 23.7. The molecule has 174 valence electrons. The summed E-state index contributed by atoms with van der Waals surface area (Å²) in [6.45, 7) is 4.17. The first-order valence-electron chi connectivity index (χ1n) is 11.5. The van der Waals surface area contributed by atoms with Crippen LogP contribution in [0.4, 0.5) is 10.1 Å². The number of nitrogens with zero attached hydrogens (tertiary/aromatic N) is 3. The van der Waals surface area contributed by atoms with Gasteiger partial charge in [0.05, 0.1) is 16.8 Å². The molecular formula is C27H26FN3O3. The summed E-state index contributed by atoms with van der Waals surface area (Å²) < 4.78 is 13.5. The number of carbonyl (C=O) groups is 2. The van der Waals surface area contributed by atoms with Crippen molar-refractivity contribution in [3.05, 3.63) is 94.8 Å². The number of rotatable bonds is 6. The molecule has 5 rings (SSSR count). The molecule has 6 nitrogen and oxygen atoms in total. The van der Waals surface area contributed by atoms with E-state index in [4.69, 9.17) is 0 Å². The zero-order valence-electron chi connectivity index (χ0n) is 18.8. The van der Waals surface area contributed by atoms with E-state index in [0.717, 1.165) is 49.5 Å². The Balaban J connectivity index is 1.27. The quantitative estimate of drug-likeness (QED) is 0.570. The van der Waals surface area contributed by atoms with Gasteiger partial charge in [0.25, 0.3) is 11.8 Å². The fraction of sp³-hybridized carbons (Fsp3) is 0.259. The number of phenolic OH excluding ortho intramolecular Hbond substituents is 1. The highest BCUT2D eigenvalue weighted by Crippen LogP contribution is 2.32. The van der Waals surface area contributed by atoms with E-state index < -0.39 is 0 Å². The molecule has 1 saturated heterocycles. The number of fused-ring (bicyclic) bond motifs is 1. The SMILES string of the molecule is O=C1c2cccc(N3CCN(Cc4ccc(O)cc4)CC3)c2C(=O)N1CCc1cccc(F)c1. The van der Waals surface area contributed by atoms with E-state index in [9.17, 15) is 19.1 Å². The van der Waals surface area contributed by atoms with Crippen molar-refractivity contribution in [2.24, 2.45) is 0 Å². The number of imide groups is 1. The number of amides is 2. The summed E-state index contributed by atoms with van der Waals surface area (Å²) in [5, 5.41) is 9.47. The average Bonchev–Trinajstić information content (AvgIpc) is 3.09. The molecule has 0 bridgehead atoms. The van der Waals surface area contributed by atoms with Crippen LogP contribution < -0.4 is 4.90 Å². The van der Waals surface area contributed by atoms with Crippen LogP contribution in [-0.2, 0) is 13.0 Å². The smallest absolute Gasteiger partial charge is 0.263 e. The maximum absolute atomic E-state index is 13.5. The molecule has 3 aromatic rings. The minimum atomic E-state index is -0.327. The molecule has 2 heterocycles. The number of halogens is 1. The number of aromatic hydroxyl groups is 1. The summed E-state index contributed by atoms with van der Waals surface area (Å²) in [5.41, 5.74) is 3.60. The first-order chi connectivity index (χ1) is 16.5. The van der Waals surface area contributed by atoms with Gasteiger partial charge < -0.3 is 10.0 Å². The molecule has 3 aromatic carbocycles. The predicted molar refractivity (Wildman–Crippen MR) is 128 cm³/mol. The lowest BCUT2D eigenvalue weighted by molar-refractivity contribution is 0.0656. The highest BCUT2D eigenvalue weighted by Gasteiger charge is 2.38. The third-order valence-electron chi connectivity index (χ3n) is 6.55. The number of piperazine rings is 1. The molecule has 0 unspecified atom stereocenters. The van der Waals surface area contributed by atoms with Crippen molar-refractivity contribution in [1.29, 1.82) is 0 Å². The van der Waals surface area contributed by atoms with E-state index in [1.54, 1.807) is 30.3 Å². The van der Waals surface area contributed by atoms with Crippen molar-refractivity contribution in [2.75, 3.05) is 37.6 Å². The molecule has 2 aliphatic rings. The van der Waals surface area contributed by atoms with E-state index in [0.29, 0.717) is 17.5 Å². The maximum Gasteiger partial charge on any atom is 0.263 e. The molecule has 0 atom stereocenters. The number of carbonyl (C=O) groups excluding carboxylic acids is 2. The third kappa shape index (κ3) is 4.39. The lowest BCUT2D eigenvalue weighted by atomic mass is 10.1. The second kappa shape index (κ2) is 9.27. The standard InChI is InChI=1S/C27H26FN3O3/c28-21-4-1-3-19(17-21)11-12-31-26(33)23-5-2-6-24(25(23)27(31)34)30-15-13-29(14-16-30)18-20-7-9-22(32)10-8-20/h1-10,17,32H,11-16,18H2. The molecule has 34 heavy (non-hydrogen) atoms. The summed E-state index contributed by atoms with van der Waals surface area (Å²) in [7, 11) is 0. The van der Waals surface area contributed by atoms with Gasteiger partial charge in [-0.25, -0.2) is 4.39 Å². The normalized spacial score (nSPS) is 16.3. The first kappa shape index (κ1) is 22.1. The number of hydrogen-bond acceptors (Lipinski definition) is 5. The topological polar surface area (TPSA) is 64.1 Å². The Bertz CT molecular complexity index is 1220. The summed E-state index contributed by atoms with van der Waals surface area (Å²) in [6, 6.07) is 18.9. The predicted octanol–water partition coefficient (Wildman–Crippen LogP) is 3.69. The molecule has 0 saturated carbocycles. The fourth-order valence-electron chi connectivity index (χ4n) is 4.72. The highest BCUT2D eigenvalue weighted by molar-refractivity contribution is 6.23. The van der Waals surface area contributed by atoms with Crippen LogP contribution in [0.1, 0.15) is 31.8 Å². The number of hydrogen-bond donors (Lipinski definition) is 1. The van der Waals surface area contributed by atoms with Crippen molar-refractivity contribution >= 4 is 17.5 Å². The molecule has 2 aliphatic heterocycles. The fourth-order valence-corrected chi connectivity index (χ4v) is 4.72. The Morgan fingerprint density at radius 3 is 2.29 bits per heavy atom. The monoisotopic (exact) mass is 459 g/mol. The molecule has 0 spiro atoms. The van der Waals surface area contributed by atoms with Gasteiger partial charge in [-0.1, -0.05) is 30.3 Å². The lowest BCUT2D eigenvalue weighted by Gasteiger charge is -2.36. The Labute approximate surface area is 197 Å². The first-order valence-corrected chi connectivity index (χ1v) is 11.5. The van der Waals surface area contributed by atoms with Crippen molar-refractivity contribution in [3.8, 4) is 5.75 Å². The maximum atomic E-state index is 13.5. The van der Waals surface area contributed by atoms with E-state index in [-0.39, 0.29) is 29.9 Å². The van der Waals surface area contributed by atoms with Crippen molar-refractivity contribution in [3.63, 3.8) is 0 Å². The van der Waals surface area contributed by atoms with Crippen LogP contribution in [-0.4, -0.2) is 59.4 Å². The van der Waals surface area contributed by atoms with Crippen molar-refractivity contribution in [2.45, 2.75) is 13.0 Å². The summed E-state index contributed by atoms with van der Waals surface area (Å²) >= 11 is 0. The van der Waals surface area contributed by atoms with Crippen LogP contribution >= 0.6 is 0 Å². The number of phenols is 1. The van der Waals surface area contributed by atoms with Crippen LogP contribution in [0, 0.1) is 5.82 Å². The van der Waals surface area contributed by atoms with Crippen molar-refractivity contribution < 1.29 is 19.1 Å². The summed E-state index contributed by atoms with van der Waals surface area (Å²) in [6.07, 6.45) is 0.411. The second-order valence-corrected chi connectivity index (χ2v) is 8.77. The molecule has 0 radical (unpaired) electrons. The number of benzene rings is 3. The summed E-state index contributed by atoms with van der Waals surface area (Å²) in [4.78, 5) is 32.1. The van der Waals surface area contributed by atoms with Gasteiger partial charge in [0, 0.05) is 39.3 Å². The minimum absolute atomic E-state index is 0.218. The van der Waals surface area contributed by atoms with Gasteiger partial charge in [-0.05, 0) is 53.9 Å². The molecular weight excluding hydrogens is 433 g/mol. The van der Waals surface area contributed by atoms with Gasteiger partial charge >= 0.3 is 0 Å². The minimum Gasteiger partial charge on any atom is -0.508 e. The molecule has 7 heteroatoms. The van der Waals surface area contributed by atoms with Crippen LogP contribution in [0.25, 0.3) is 0 Å². The van der Waals surface area contributed by atoms with Crippen LogP contribution in [0.3, 0.4) is 0 Å². The van der Waals surface area contributed by atoms with E-state index in [1.807, 2.05) is 24.3 Å². The molecule has 2 amide bonds. The lowest BCUT2D eigenvalue weighted by Crippen LogP contribution is -2.46. The Morgan fingerprint density at radius 2 is 1.56 bits per heavy atom. The van der Waals surface area contributed by atoms with Gasteiger partial charge in [-0.2, -0.15) is 0 Å². The molecule has 0 aromatic heterocycles. The van der Waals surface area contributed by atoms with Gasteiger partial charge in [-0.15, -0.1) is 0 Å². The summed E-state index contributed by atoms with van der Waals surface area (Å²) in [5.74, 6) is -0.634. The van der Waals surface area contributed by atoms with Crippen LogP contribution in [0.2, 0.25) is 0 Å². The largest absolute Gasteiger partial charge is 0.508 e. The molecule has 1 N–H and O–H groups in total.